The zero-order valence-electron chi connectivity index (χ0n) is 35.5. The molecule has 314 valence electrons. The normalized spacial score (nSPS) is 12.6. The molecule has 0 bridgehead atoms. The van der Waals surface area contributed by atoms with Crippen LogP contribution in [0.2, 0.25) is 0 Å². The Bertz CT molecular complexity index is 3420. The highest BCUT2D eigenvalue weighted by molar-refractivity contribution is 6.00. The van der Waals surface area contributed by atoms with Crippen LogP contribution in [0.4, 0.5) is 51.7 Å². The summed E-state index contributed by atoms with van der Waals surface area (Å²) in [7, 11) is 0. The fraction of sp³-hybridized carbons (Fsp3) is 0.0508. The fourth-order valence-electron chi connectivity index (χ4n) is 9.67. The molecule has 0 saturated carbocycles. The minimum Gasteiger partial charge on any atom is -0.310 e. The first-order valence-corrected chi connectivity index (χ1v) is 21.6. The zero-order valence-corrected chi connectivity index (χ0v) is 35.5. The molecule has 6 heteroatoms. The molecule has 0 spiro atoms. The molecule has 0 aliphatic heterocycles. The highest BCUT2D eigenvalue weighted by Crippen LogP contribution is 2.51. The van der Waals surface area contributed by atoms with Gasteiger partial charge in [0.25, 0.3) is 0 Å². The maximum absolute atomic E-state index is 16.9. The molecule has 0 radical (unpaired) electrons. The molecule has 0 heterocycles. The van der Waals surface area contributed by atoms with Gasteiger partial charge in [0.1, 0.15) is 5.69 Å². The van der Waals surface area contributed by atoms with Gasteiger partial charge in [-0.3, -0.25) is 0 Å². The summed E-state index contributed by atoms with van der Waals surface area (Å²) in [6, 6.07) is 65.2. The van der Waals surface area contributed by atoms with E-state index in [4.69, 9.17) is 0 Å². The Morgan fingerprint density at radius 3 is 1.62 bits per heavy atom. The standard InChI is InChI=1S/C59H40F4N2/c1-59(2)50-21-11-10-20-48(50)49-34-33-46(36-51(49)59)64(52-22-12-18-40-16-8-9-19-47(40)52)43-30-26-41(27-31-43)53-54(60)56(62)58(57(63)55(53)61)65(45-32-25-38-15-6-7-17-42(38)35-45)44-28-23-39(24-29-44)37-13-4-3-5-14-37/h3-36H,1-2H3. The molecule has 1 aliphatic carbocycles. The van der Waals surface area contributed by atoms with Gasteiger partial charge in [0.05, 0.1) is 11.3 Å². The molecule has 0 fully saturated rings. The maximum atomic E-state index is 16.9. The van der Waals surface area contributed by atoms with Crippen molar-refractivity contribution >= 4 is 55.7 Å². The van der Waals surface area contributed by atoms with E-state index in [0.717, 1.165) is 44.0 Å². The lowest BCUT2D eigenvalue weighted by Crippen LogP contribution is -2.17. The van der Waals surface area contributed by atoms with Crippen LogP contribution in [-0.2, 0) is 5.41 Å². The van der Waals surface area contributed by atoms with Gasteiger partial charge < -0.3 is 9.80 Å². The molecule has 0 N–H and O–H groups in total. The van der Waals surface area contributed by atoms with Crippen molar-refractivity contribution in [2.45, 2.75) is 19.3 Å². The summed E-state index contributed by atoms with van der Waals surface area (Å²) < 4.78 is 67.4. The van der Waals surface area contributed by atoms with Gasteiger partial charge in [0.15, 0.2) is 23.3 Å². The SMILES string of the molecule is CC1(C)c2ccccc2-c2ccc(N(c3ccc(-c4c(F)c(F)c(N(c5ccc(-c6ccccc6)cc5)c5ccc6ccccc6c5)c(F)c4F)cc3)c3cccc4ccccc34)cc21. The second-order valence-corrected chi connectivity index (χ2v) is 17.0. The molecule has 11 rings (SSSR count). The van der Waals surface area contributed by atoms with Crippen molar-refractivity contribution in [2.24, 2.45) is 0 Å². The van der Waals surface area contributed by atoms with Crippen LogP contribution >= 0.6 is 0 Å². The van der Waals surface area contributed by atoms with Crippen molar-refractivity contribution < 1.29 is 17.6 Å². The van der Waals surface area contributed by atoms with Gasteiger partial charge in [-0.2, -0.15) is 0 Å². The van der Waals surface area contributed by atoms with Crippen molar-refractivity contribution in [2.75, 3.05) is 9.80 Å². The Morgan fingerprint density at radius 1 is 0.354 bits per heavy atom. The lowest BCUT2D eigenvalue weighted by Gasteiger charge is -2.29. The van der Waals surface area contributed by atoms with Crippen LogP contribution < -0.4 is 9.80 Å². The largest absolute Gasteiger partial charge is 0.310 e. The Morgan fingerprint density at radius 2 is 0.877 bits per heavy atom. The number of nitrogens with zero attached hydrogens (tertiary/aromatic N) is 2. The van der Waals surface area contributed by atoms with Gasteiger partial charge >= 0.3 is 0 Å². The van der Waals surface area contributed by atoms with E-state index in [9.17, 15) is 0 Å². The lowest BCUT2D eigenvalue weighted by molar-refractivity contribution is 0.461. The monoisotopic (exact) mass is 852 g/mol. The summed E-state index contributed by atoms with van der Waals surface area (Å²) in [5, 5.41) is 3.74. The summed E-state index contributed by atoms with van der Waals surface area (Å²) >= 11 is 0. The van der Waals surface area contributed by atoms with Crippen molar-refractivity contribution in [3.8, 4) is 33.4 Å². The number of fused-ring (bicyclic) bond motifs is 5. The van der Waals surface area contributed by atoms with E-state index in [2.05, 4.69) is 79.4 Å². The van der Waals surface area contributed by atoms with Gasteiger partial charge in [-0.25, -0.2) is 17.6 Å². The number of halogens is 4. The van der Waals surface area contributed by atoms with E-state index < -0.39 is 34.5 Å². The third-order valence-electron chi connectivity index (χ3n) is 12.9. The van der Waals surface area contributed by atoms with Gasteiger partial charge in [-0.15, -0.1) is 0 Å². The van der Waals surface area contributed by atoms with Crippen LogP contribution in [0.1, 0.15) is 25.0 Å². The summed E-state index contributed by atoms with van der Waals surface area (Å²) in [4.78, 5) is 3.36. The van der Waals surface area contributed by atoms with Gasteiger partial charge in [-0.05, 0) is 110 Å². The number of hydrogen-bond acceptors (Lipinski definition) is 2. The number of rotatable bonds is 8. The second kappa shape index (κ2) is 15.7. The molecule has 0 saturated heterocycles. The Hall–Kier alpha value is -7.96. The van der Waals surface area contributed by atoms with Crippen molar-refractivity contribution in [3.63, 3.8) is 0 Å². The molecule has 0 atom stereocenters. The van der Waals surface area contributed by atoms with Crippen LogP contribution in [0.15, 0.2) is 206 Å². The minimum absolute atomic E-state index is 0.0130. The third-order valence-corrected chi connectivity index (χ3v) is 12.9. The maximum Gasteiger partial charge on any atom is 0.186 e. The average molecular weight is 853 g/mol. The van der Waals surface area contributed by atoms with E-state index in [1.807, 2.05) is 97.1 Å². The molecular formula is C59H40F4N2. The predicted molar refractivity (Wildman–Crippen MR) is 259 cm³/mol. The van der Waals surface area contributed by atoms with E-state index >= 15 is 17.6 Å². The fourth-order valence-corrected chi connectivity index (χ4v) is 9.67. The third kappa shape index (κ3) is 6.64. The topological polar surface area (TPSA) is 6.48 Å². The first kappa shape index (κ1) is 39.9. The second-order valence-electron chi connectivity index (χ2n) is 17.0. The minimum atomic E-state index is -1.51. The molecule has 10 aromatic rings. The molecule has 0 aromatic heterocycles. The smallest absolute Gasteiger partial charge is 0.186 e. The summed E-state index contributed by atoms with van der Waals surface area (Å²) in [5.41, 5.74) is 7.83. The van der Waals surface area contributed by atoms with Crippen molar-refractivity contribution in [3.05, 3.63) is 241 Å². The summed E-state index contributed by atoms with van der Waals surface area (Å²) in [6.07, 6.45) is 0. The summed E-state index contributed by atoms with van der Waals surface area (Å²) in [6.45, 7) is 4.46. The van der Waals surface area contributed by atoms with Crippen LogP contribution in [0, 0.1) is 23.3 Å². The van der Waals surface area contributed by atoms with E-state index in [0.29, 0.717) is 17.1 Å². The van der Waals surface area contributed by atoms with E-state index in [1.54, 1.807) is 36.4 Å². The molecule has 65 heavy (non-hydrogen) atoms. The quantitative estimate of drug-likeness (QED) is 0.111. The Labute approximate surface area is 374 Å². The Balaban J connectivity index is 1.03. The first-order chi connectivity index (χ1) is 31.7. The zero-order chi connectivity index (χ0) is 44.4. The average Bonchev–Trinajstić information content (AvgIpc) is 3.58. The lowest BCUT2D eigenvalue weighted by atomic mass is 9.82. The van der Waals surface area contributed by atoms with E-state index in [-0.39, 0.29) is 11.0 Å². The van der Waals surface area contributed by atoms with Gasteiger partial charge in [0.2, 0.25) is 0 Å². The molecule has 2 nitrogen and oxygen atoms in total. The molecule has 1 aliphatic rings. The van der Waals surface area contributed by atoms with Crippen molar-refractivity contribution in [1.29, 1.82) is 0 Å². The van der Waals surface area contributed by atoms with Crippen LogP contribution in [-0.4, -0.2) is 0 Å². The number of benzene rings is 10. The van der Waals surface area contributed by atoms with Crippen molar-refractivity contribution in [1.82, 2.24) is 0 Å². The molecule has 10 aromatic carbocycles. The first-order valence-electron chi connectivity index (χ1n) is 21.6. The highest BCUT2D eigenvalue weighted by atomic mass is 19.2. The van der Waals surface area contributed by atoms with Crippen LogP contribution in [0.25, 0.3) is 54.9 Å². The van der Waals surface area contributed by atoms with Crippen LogP contribution in [0.5, 0.6) is 0 Å². The number of anilines is 6. The van der Waals surface area contributed by atoms with Gasteiger partial charge in [-0.1, -0.05) is 166 Å². The Kier molecular flexibility index (Phi) is 9.62. The van der Waals surface area contributed by atoms with E-state index in [1.165, 1.54) is 39.3 Å². The predicted octanol–water partition coefficient (Wildman–Crippen LogP) is 17.1. The molecule has 0 unspecified atom stereocenters. The summed E-state index contributed by atoms with van der Waals surface area (Å²) in [5.74, 6) is -6.01. The number of hydrogen-bond donors (Lipinski definition) is 0. The highest BCUT2D eigenvalue weighted by Gasteiger charge is 2.36. The van der Waals surface area contributed by atoms with Crippen LogP contribution in [0.3, 0.4) is 0 Å². The molecule has 0 amide bonds. The molecular weight excluding hydrogens is 813 g/mol. The van der Waals surface area contributed by atoms with Gasteiger partial charge in [0, 0.05) is 33.6 Å².